The van der Waals surface area contributed by atoms with Gasteiger partial charge >= 0.3 is 6.18 Å². The number of benzene rings is 3. The summed E-state index contributed by atoms with van der Waals surface area (Å²) in [6.07, 6.45) is -2.84. The summed E-state index contributed by atoms with van der Waals surface area (Å²) in [5.74, 6) is 1.26. The van der Waals surface area contributed by atoms with Gasteiger partial charge in [0.25, 0.3) is 0 Å². The Hall–Kier alpha value is -3.79. The van der Waals surface area contributed by atoms with Crippen LogP contribution in [0.2, 0.25) is 0 Å². The molecule has 4 aromatic rings. The second kappa shape index (κ2) is 10.4. The van der Waals surface area contributed by atoms with Crippen molar-refractivity contribution in [3.63, 3.8) is 0 Å². The van der Waals surface area contributed by atoms with Crippen LogP contribution in [-0.4, -0.2) is 31.5 Å². The van der Waals surface area contributed by atoms with Crippen molar-refractivity contribution in [3.05, 3.63) is 77.9 Å². The van der Waals surface area contributed by atoms with Crippen LogP contribution in [0, 0.1) is 0 Å². The number of para-hydroxylation sites is 1. The number of methoxy groups -OCH3 is 1. The zero-order valence-corrected chi connectivity index (χ0v) is 18.8. The molecule has 0 spiro atoms. The van der Waals surface area contributed by atoms with Crippen molar-refractivity contribution < 1.29 is 27.4 Å². The molecule has 0 saturated heterocycles. The molecule has 6 nitrogen and oxygen atoms in total. The van der Waals surface area contributed by atoms with Crippen molar-refractivity contribution >= 4 is 32.9 Å². The third kappa shape index (κ3) is 5.96. The zero-order chi connectivity index (χ0) is 24.0. The topological polar surface area (TPSA) is 65.0 Å². The van der Waals surface area contributed by atoms with Crippen molar-refractivity contribution in [2.75, 3.05) is 25.7 Å². The van der Waals surface area contributed by atoms with E-state index < -0.39 is 11.7 Å². The minimum atomic E-state index is -4.42. The van der Waals surface area contributed by atoms with E-state index in [9.17, 15) is 13.2 Å². The van der Waals surface area contributed by atoms with Gasteiger partial charge in [-0.3, -0.25) is 5.43 Å². The van der Waals surface area contributed by atoms with E-state index in [2.05, 4.69) is 15.5 Å². The molecule has 34 heavy (non-hydrogen) atoms. The van der Waals surface area contributed by atoms with Gasteiger partial charge < -0.3 is 14.2 Å². The van der Waals surface area contributed by atoms with Crippen LogP contribution in [0.25, 0.3) is 10.2 Å². The number of hydrogen-bond acceptors (Lipinski definition) is 7. The Balaban J connectivity index is 1.38. The number of nitrogens with zero attached hydrogens (tertiary/aromatic N) is 2. The molecular formula is C24H20F3N3O3S. The standard InChI is InChI=1S/C24H20F3N3O3S/c1-31-18-9-10-21(33-12-11-32-19-6-4-5-17(14-19)24(25,26)27)16(13-18)15-28-30-23-29-20-7-2-3-8-22(20)34-23/h2-10,13-15H,11-12H2,1H3,(H,29,30). The lowest BCUT2D eigenvalue weighted by atomic mass is 10.2. The average molecular weight is 488 g/mol. The van der Waals surface area contributed by atoms with Crippen LogP contribution in [-0.2, 0) is 6.18 Å². The predicted molar refractivity (Wildman–Crippen MR) is 126 cm³/mol. The Morgan fingerprint density at radius 3 is 2.59 bits per heavy atom. The van der Waals surface area contributed by atoms with Crippen molar-refractivity contribution in [1.29, 1.82) is 0 Å². The highest BCUT2D eigenvalue weighted by Gasteiger charge is 2.30. The molecule has 0 unspecified atom stereocenters. The van der Waals surface area contributed by atoms with Crippen LogP contribution in [0.3, 0.4) is 0 Å². The van der Waals surface area contributed by atoms with E-state index in [-0.39, 0.29) is 19.0 Å². The predicted octanol–water partition coefficient (Wildman–Crippen LogP) is 6.23. The number of fused-ring (bicyclic) bond motifs is 1. The third-order valence-electron chi connectivity index (χ3n) is 4.65. The quantitative estimate of drug-likeness (QED) is 0.172. The van der Waals surface area contributed by atoms with E-state index >= 15 is 0 Å². The molecule has 10 heteroatoms. The Kier molecular flexibility index (Phi) is 7.17. The summed E-state index contributed by atoms with van der Waals surface area (Å²) in [5, 5.41) is 4.90. The van der Waals surface area contributed by atoms with Gasteiger partial charge in [0.15, 0.2) is 0 Å². The van der Waals surface area contributed by atoms with E-state index in [0.717, 1.165) is 22.3 Å². The molecule has 0 bridgehead atoms. The third-order valence-corrected chi connectivity index (χ3v) is 5.59. The Labute approximate surface area is 197 Å². The molecule has 3 aromatic carbocycles. The van der Waals surface area contributed by atoms with Crippen LogP contribution in [0.5, 0.6) is 17.2 Å². The van der Waals surface area contributed by atoms with Crippen molar-refractivity contribution in [1.82, 2.24) is 4.98 Å². The first-order chi connectivity index (χ1) is 16.4. The van der Waals surface area contributed by atoms with E-state index in [1.165, 1.54) is 23.5 Å². The second-order valence-electron chi connectivity index (χ2n) is 6.98. The summed E-state index contributed by atoms with van der Waals surface area (Å²) in [5.41, 5.74) is 3.68. The first-order valence-electron chi connectivity index (χ1n) is 10.2. The van der Waals surface area contributed by atoms with Gasteiger partial charge in [0.05, 0.1) is 29.1 Å². The Bertz CT molecular complexity index is 1260. The fraction of sp³-hybridized carbons (Fsp3) is 0.167. The molecule has 0 aliphatic rings. The summed E-state index contributed by atoms with van der Waals surface area (Å²) < 4.78 is 56.0. The molecule has 0 radical (unpaired) electrons. The first kappa shape index (κ1) is 23.4. The number of alkyl halides is 3. The number of anilines is 1. The van der Waals surface area contributed by atoms with Crippen molar-refractivity contribution in [3.8, 4) is 17.2 Å². The van der Waals surface area contributed by atoms with Gasteiger partial charge in [-0.05, 0) is 48.5 Å². The van der Waals surface area contributed by atoms with Crippen LogP contribution < -0.4 is 19.6 Å². The molecular weight excluding hydrogens is 467 g/mol. The summed E-state index contributed by atoms with van der Waals surface area (Å²) in [7, 11) is 1.55. The number of nitrogens with one attached hydrogen (secondary N) is 1. The normalized spacial score (nSPS) is 11.6. The molecule has 0 fully saturated rings. The number of hydrazone groups is 1. The van der Waals surface area contributed by atoms with Crippen molar-refractivity contribution in [2.24, 2.45) is 5.10 Å². The molecule has 0 amide bonds. The monoisotopic (exact) mass is 487 g/mol. The molecule has 0 atom stereocenters. The first-order valence-corrected chi connectivity index (χ1v) is 11.0. The molecule has 1 heterocycles. The maximum atomic E-state index is 12.8. The SMILES string of the molecule is COc1ccc(OCCOc2cccc(C(F)(F)F)c2)c(C=NNc2nc3ccccc3s2)c1. The van der Waals surface area contributed by atoms with Gasteiger partial charge in [-0.25, -0.2) is 4.98 Å². The zero-order valence-electron chi connectivity index (χ0n) is 18.0. The minimum Gasteiger partial charge on any atom is -0.497 e. The summed E-state index contributed by atoms with van der Waals surface area (Å²) in [6.45, 7) is 0.183. The summed E-state index contributed by atoms with van der Waals surface area (Å²) >= 11 is 1.48. The Morgan fingerprint density at radius 2 is 1.79 bits per heavy atom. The van der Waals surface area contributed by atoms with Gasteiger partial charge in [0.1, 0.15) is 30.5 Å². The fourth-order valence-electron chi connectivity index (χ4n) is 3.04. The molecule has 0 aliphatic carbocycles. The van der Waals surface area contributed by atoms with Gasteiger partial charge in [-0.2, -0.15) is 18.3 Å². The van der Waals surface area contributed by atoms with Crippen LogP contribution >= 0.6 is 11.3 Å². The Morgan fingerprint density at radius 1 is 0.971 bits per heavy atom. The molecule has 176 valence electrons. The average Bonchev–Trinajstić information content (AvgIpc) is 3.25. The van der Waals surface area contributed by atoms with Gasteiger partial charge in [0, 0.05) is 5.56 Å². The van der Waals surface area contributed by atoms with Crippen molar-refractivity contribution in [2.45, 2.75) is 6.18 Å². The summed E-state index contributed by atoms with van der Waals surface area (Å²) in [4.78, 5) is 4.46. The molecule has 0 saturated carbocycles. The fourth-order valence-corrected chi connectivity index (χ4v) is 3.85. The number of rotatable bonds is 9. The minimum absolute atomic E-state index is 0.0634. The highest BCUT2D eigenvalue weighted by molar-refractivity contribution is 7.22. The molecule has 0 aliphatic heterocycles. The molecule has 4 rings (SSSR count). The van der Waals surface area contributed by atoms with Gasteiger partial charge in [-0.15, -0.1) is 0 Å². The smallest absolute Gasteiger partial charge is 0.416 e. The molecule has 1 N–H and O–H groups in total. The highest BCUT2D eigenvalue weighted by atomic mass is 32.1. The van der Waals surface area contributed by atoms with Crippen LogP contribution in [0.1, 0.15) is 11.1 Å². The number of thiazole rings is 1. The lowest BCUT2D eigenvalue weighted by Crippen LogP contribution is -2.11. The largest absolute Gasteiger partial charge is 0.497 e. The van der Waals surface area contributed by atoms with Gasteiger partial charge in [0.2, 0.25) is 5.13 Å². The highest BCUT2D eigenvalue weighted by Crippen LogP contribution is 2.31. The van der Waals surface area contributed by atoms with E-state index in [4.69, 9.17) is 14.2 Å². The van der Waals surface area contributed by atoms with E-state index in [0.29, 0.717) is 22.2 Å². The lowest BCUT2D eigenvalue weighted by Gasteiger charge is -2.12. The molecule has 1 aromatic heterocycles. The number of aromatic nitrogens is 1. The van der Waals surface area contributed by atoms with Gasteiger partial charge in [-0.1, -0.05) is 29.5 Å². The lowest BCUT2D eigenvalue weighted by molar-refractivity contribution is -0.137. The van der Waals surface area contributed by atoms with E-state index in [1.54, 1.807) is 31.5 Å². The maximum Gasteiger partial charge on any atom is 0.416 e. The van der Waals surface area contributed by atoms with Crippen LogP contribution in [0.4, 0.5) is 18.3 Å². The second-order valence-corrected chi connectivity index (χ2v) is 8.01. The maximum absolute atomic E-state index is 12.8. The van der Waals surface area contributed by atoms with Crippen LogP contribution in [0.15, 0.2) is 71.8 Å². The number of ether oxygens (including phenoxy) is 3. The number of hydrogen-bond donors (Lipinski definition) is 1. The van der Waals surface area contributed by atoms with E-state index in [1.807, 2.05) is 24.3 Å². The summed E-state index contributed by atoms with van der Waals surface area (Å²) in [6, 6.07) is 17.7. The number of halogens is 3.